The number of nitrogens with zero attached hydrogens (tertiary/aromatic N) is 3. The molecule has 0 fully saturated rings. The SMILES string of the molecule is NNc1snnc1Cn1ccc(=O)cc1. The molecule has 0 aliphatic heterocycles. The molecule has 7 heteroatoms. The Morgan fingerprint density at radius 2 is 2.20 bits per heavy atom. The molecule has 0 radical (unpaired) electrons. The molecular weight excluding hydrogens is 214 g/mol. The van der Waals surface area contributed by atoms with Gasteiger partial charge < -0.3 is 9.99 Å². The van der Waals surface area contributed by atoms with E-state index < -0.39 is 0 Å². The molecule has 6 nitrogen and oxygen atoms in total. The van der Waals surface area contributed by atoms with Gasteiger partial charge in [-0.25, -0.2) is 5.84 Å². The number of pyridine rings is 1. The van der Waals surface area contributed by atoms with Gasteiger partial charge in [-0.15, -0.1) is 5.10 Å². The van der Waals surface area contributed by atoms with Gasteiger partial charge >= 0.3 is 0 Å². The lowest BCUT2D eigenvalue weighted by Gasteiger charge is -2.03. The van der Waals surface area contributed by atoms with Crippen molar-refractivity contribution in [2.75, 3.05) is 5.43 Å². The highest BCUT2D eigenvalue weighted by Gasteiger charge is 2.05. The maximum atomic E-state index is 10.9. The Bertz CT molecular complexity index is 485. The first-order chi connectivity index (χ1) is 7.29. The lowest BCUT2D eigenvalue weighted by Crippen LogP contribution is -2.10. The third kappa shape index (κ3) is 2.20. The highest BCUT2D eigenvalue weighted by atomic mass is 32.1. The Hall–Kier alpha value is -1.73. The summed E-state index contributed by atoms with van der Waals surface area (Å²) < 4.78 is 5.61. The highest BCUT2D eigenvalue weighted by molar-refractivity contribution is 7.10. The zero-order valence-corrected chi connectivity index (χ0v) is 8.57. The van der Waals surface area contributed by atoms with E-state index in [0.717, 1.165) is 10.7 Å². The molecule has 2 aromatic rings. The first-order valence-corrected chi connectivity index (χ1v) is 5.01. The van der Waals surface area contributed by atoms with Crippen LogP contribution < -0.4 is 16.7 Å². The highest BCUT2D eigenvalue weighted by Crippen LogP contribution is 2.16. The summed E-state index contributed by atoms with van der Waals surface area (Å²) in [5.41, 5.74) is 3.27. The summed E-state index contributed by atoms with van der Waals surface area (Å²) in [5, 5.41) is 4.66. The van der Waals surface area contributed by atoms with Crippen molar-refractivity contribution in [2.45, 2.75) is 6.54 Å². The second kappa shape index (κ2) is 4.20. The fourth-order valence-corrected chi connectivity index (χ4v) is 1.63. The van der Waals surface area contributed by atoms with Crippen molar-refractivity contribution in [1.29, 1.82) is 0 Å². The molecule has 78 valence electrons. The quantitative estimate of drug-likeness (QED) is 0.566. The fourth-order valence-electron chi connectivity index (χ4n) is 1.14. The van der Waals surface area contributed by atoms with Crippen molar-refractivity contribution in [2.24, 2.45) is 5.84 Å². The summed E-state index contributed by atoms with van der Waals surface area (Å²) in [5.74, 6) is 5.29. The molecule has 0 bridgehead atoms. The number of nitrogens with two attached hydrogens (primary N) is 1. The number of aromatic nitrogens is 3. The van der Waals surface area contributed by atoms with E-state index in [-0.39, 0.29) is 5.43 Å². The number of hydrogen-bond donors (Lipinski definition) is 2. The maximum absolute atomic E-state index is 10.9. The third-order valence-corrected chi connectivity index (χ3v) is 2.58. The Morgan fingerprint density at radius 1 is 1.47 bits per heavy atom. The van der Waals surface area contributed by atoms with E-state index >= 15 is 0 Å². The summed E-state index contributed by atoms with van der Waals surface area (Å²) in [7, 11) is 0. The second-order valence-corrected chi connectivity index (χ2v) is 3.65. The van der Waals surface area contributed by atoms with Crippen LogP contribution in [0.3, 0.4) is 0 Å². The molecule has 2 rings (SSSR count). The van der Waals surface area contributed by atoms with Crippen LogP contribution in [0.5, 0.6) is 0 Å². The van der Waals surface area contributed by atoms with Crippen molar-refractivity contribution >= 4 is 16.5 Å². The number of hydrogen-bond acceptors (Lipinski definition) is 6. The first kappa shape index (κ1) is 9.81. The lowest BCUT2D eigenvalue weighted by atomic mass is 10.4. The number of nitrogens with one attached hydrogen (secondary N) is 1. The standard InChI is InChI=1S/C8H9N5OS/c9-10-8-7(11-12-15-8)5-13-3-1-6(14)2-4-13/h1-4,10H,5,9H2. The van der Waals surface area contributed by atoms with Crippen LogP contribution in [0.15, 0.2) is 29.3 Å². The van der Waals surface area contributed by atoms with Crippen molar-refractivity contribution in [3.05, 3.63) is 40.4 Å². The van der Waals surface area contributed by atoms with Gasteiger partial charge in [0.25, 0.3) is 0 Å². The van der Waals surface area contributed by atoms with Gasteiger partial charge in [0.05, 0.1) is 6.54 Å². The number of anilines is 1. The number of hydrazine groups is 1. The molecule has 0 saturated heterocycles. The summed E-state index contributed by atoms with van der Waals surface area (Å²) in [4.78, 5) is 10.9. The molecule has 0 amide bonds. The van der Waals surface area contributed by atoms with Gasteiger partial charge in [-0.2, -0.15) is 0 Å². The molecule has 0 atom stereocenters. The van der Waals surface area contributed by atoms with Gasteiger partial charge in [-0.3, -0.25) is 4.79 Å². The molecule has 2 aromatic heterocycles. The van der Waals surface area contributed by atoms with Gasteiger partial charge in [0.2, 0.25) is 0 Å². The minimum Gasteiger partial charge on any atom is -0.348 e. The molecule has 0 aliphatic carbocycles. The minimum absolute atomic E-state index is 0.0140. The number of rotatable bonds is 3. The maximum Gasteiger partial charge on any atom is 0.181 e. The van der Waals surface area contributed by atoms with Gasteiger partial charge in [0.1, 0.15) is 10.7 Å². The molecule has 0 unspecified atom stereocenters. The Labute approximate surface area is 89.5 Å². The normalized spacial score (nSPS) is 10.2. The summed E-state index contributed by atoms with van der Waals surface area (Å²) in [6.07, 6.45) is 3.39. The van der Waals surface area contributed by atoms with Crippen LogP contribution in [-0.4, -0.2) is 14.2 Å². The monoisotopic (exact) mass is 223 g/mol. The Morgan fingerprint density at radius 3 is 2.87 bits per heavy atom. The minimum atomic E-state index is -0.0140. The third-order valence-electron chi connectivity index (χ3n) is 1.88. The fraction of sp³-hybridized carbons (Fsp3) is 0.125. The molecule has 15 heavy (non-hydrogen) atoms. The molecule has 2 heterocycles. The van der Waals surface area contributed by atoms with Crippen molar-refractivity contribution in [1.82, 2.24) is 14.2 Å². The van der Waals surface area contributed by atoms with E-state index in [4.69, 9.17) is 5.84 Å². The van der Waals surface area contributed by atoms with E-state index in [1.807, 2.05) is 4.57 Å². The molecule has 0 aliphatic rings. The van der Waals surface area contributed by atoms with Gasteiger partial charge in [0.15, 0.2) is 5.43 Å². The van der Waals surface area contributed by atoms with Crippen LogP contribution in [0.1, 0.15) is 5.69 Å². The van der Waals surface area contributed by atoms with Gasteiger partial charge in [0, 0.05) is 36.1 Å². The first-order valence-electron chi connectivity index (χ1n) is 4.23. The van der Waals surface area contributed by atoms with Crippen molar-refractivity contribution < 1.29 is 0 Å². The van der Waals surface area contributed by atoms with Crippen LogP contribution in [-0.2, 0) is 6.54 Å². The molecule has 0 saturated carbocycles. The predicted octanol–water partition coefficient (Wildman–Crippen LogP) is 0.0337. The largest absolute Gasteiger partial charge is 0.348 e. The summed E-state index contributed by atoms with van der Waals surface area (Å²) in [6.45, 7) is 0.538. The number of nitrogen functional groups attached to an aromatic ring is 1. The smallest absolute Gasteiger partial charge is 0.181 e. The topological polar surface area (TPSA) is 85.8 Å². The summed E-state index contributed by atoms with van der Waals surface area (Å²) in [6, 6.07) is 2.99. The van der Waals surface area contributed by atoms with Crippen LogP contribution >= 0.6 is 11.5 Å². The Kier molecular flexibility index (Phi) is 2.75. The van der Waals surface area contributed by atoms with Crippen LogP contribution in [0, 0.1) is 0 Å². The molecule has 3 N–H and O–H groups in total. The average molecular weight is 223 g/mol. The summed E-state index contributed by atoms with van der Waals surface area (Å²) >= 11 is 1.20. The van der Waals surface area contributed by atoms with E-state index in [2.05, 4.69) is 15.0 Å². The second-order valence-electron chi connectivity index (χ2n) is 2.90. The molecular formula is C8H9N5OS. The van der Waals surface area contributed by atoms with E-state index in [1.54, 1.807) is 12.4 Å². The molecule has 0 aromatic carbocycles. The predicted molar refractivity (Wildman–Crippen MR) is 57.5 cm³/mol. The van der Waals surface area contributed by atoms with E-state index in [0.29, 0.717) is 6.54 Å². The zero-order valence-electron chi connectivity index (χ0n) is 7.75. The van der Waals surface area contributed by atoms with Gasteiger partial charge in [-0.05, 0) is 0 Å². The van der Waals surface area contributed by atoms with Crippen molar-refractivity contribution in [3.8, 4) is 0 Å². The van der Waals surface area contributed by atoms with Crippen LogP contribution in [0.4, 0.5) is 5.00 Å². The van der Waals surface area contributed by atoms with Crippen molar-refractivity contribution in [3.63, 3.8) is 0 Å². The average Bonchev–Trinajstić information content (AvgIpc) is 2.69. The van der Waals surface area contributed by atoms with Gasteiger partial charge in [-0.1, -0.05) is 4.49 Å². The van der Waals surface area contributed by atoms with E-state index in [9.17, 15) is 4.79 Å². The lowest BCUT2D eigenvalue weighted by molar-refractivity contribution is 0.761. The van der Waals surface area contributed by atoms with Crippen LogP contribution in [0.2, 0.25) is 0 Å². The zero-order chi connectivity index (χ0) is 10.7. The Balaban J connectivity index is 2.21. The van der Waals surface area contributed by atoms with E-state index in [1.165, 1.54) is 23.7 Å². The van der Waals surface area contributed by atoms with Crippen LogP contribution in [0.25, 0.3) is 0 Å². The molecule has 0 spiro atoms.